The first kappa shape index (κ1) is 10.0. The maximum absolute atomic E-state index is 5.10. The van der Waals surface area contributed by atoms with Gasteiger partial charge in [-0.1, -0.05) is 42.5 Å². The number of nitrogens with zero attached hydrogens (tertiary/aromatic N) is 3. The van der Waals surface area contributed by atoms with Gasteiger partial charge in [0, 0.05) is 11.8 Å². The number of hydrogen-bond acceptors (Lipinski definition) is 4. The molecule has 2 heterocycles. The highest BCUT2D eigenvalue weighted by Crippen LogP contribution is 2.16. The summed E-state index contributed by atoms with van der Waals surface area (Å²) in [5, 5.41) is 0.766. The predicted octanol–water partition coefficient (Wildman–Crippen LogP) is 2.75. The summed E-state index contributed by atoms with van der Waals surface area (Å²) in [7, 11) is 0. The van der Waals surface area contributed by atoms with Gasteiger partial charge in [-0.2, -0.15) is 0 Å². The van der Waals surface area contributed by atoms with Crippen molar-refractivity contribution in [2.75, 3.05) is 0 Å². The quantitative estimate of drug-likeness (QED) is 0.664. The monoisotopic (exact) mass is 240 g/mol. The molecule has 0 aliphatic heterocycles. The summed E-state index contributed by atoms with van der Waals surface area (Å²) in [6, 6.07) is 9.81. The predicted molar refractivity (Wildman–Crippen MR) is 68.0 cm³/mol. The highest BCUT2D eigenvalue weighted by Gasteiger charge is 2.03. The van der Waals surface area contributed by atoms with Crippen LogP contribution in [-0.2, 0) is 0 Å². The van der Waals surface area contributed by atoms with Gasteiger partial charge in [0.05, 0.1) is 11.7 Å². The Bertz CT molecular complexity index is 721. The van der Waals surface area contributed by atoms with Crippen molar-refractivity contribution in [3.8, 4) is 11.4 Å². The van der Waals surface area contributed by atoms with E-state index < -0.39 is 0 Å². The van der Waals surface area contributed by atoms with Crippen LogP contribution in [0.5, 0.6) is 0 Å². The van der Waals surface area contributed by atoms with Crippen molar-refractivity contribution in [3.05, 3.63) is 47.5 Å². The average Bonchev–Trinajstić information content (AvgIpc) is 2.40. The minimum atomic E-state index is 0.512. The number of aromatic nitrogens is 4. The van der Waals surface area contributed by atoms with Crippen molar-refractivity contribution in [3.63, 3.8) is 0 Å². The Morgan fingerprint density at radius 3 is 2.71 bits per heavy atom. The first-order valence-electron chi connectivity index (χ1n) is 5.10. The Morgan fingerprint density at radius 1 is 1.06 bits per heavy atom. The number of benzene rings is 1. The summed E-state index contributed by atoms with van der Waals surface area (Å²) in [5.74, 6) is 0.676. The second-order valence-corrected chi connectivity index (χ2v) is 3.92. The molecule has 3 aromatic rings. The molecule has 0 bridgehead atoms. The van der Waals surface area contributed by atoms with E-state index in [1.165, 1.54) is 0 Å². The number of aromatic amines is 1. The number of nitrogens with one attached hydrogen (secondary N) is 1. The van der Waals surface area contributed by atoms with Crippen molar-refractivity contribution in [2.45, 2.75) is 0 Å². The standard InChI is InChI=1S/C12H8N4S/c17-12-9-6-13-10(8-4-2-1-3-5-8)16-11(9)14-7-15-12/h1-7H,(H,13,14,15,16,17). The Labute approximate surface area is 102 Å². The van der Waals surface area contributed by atoms with E-state index in [9.17, 15) is 0 Å². The lowest BCUT2D eigenvalue weighted by molar-refractivity contribution is 1.13. The lowest BCUT2D eigenvalue weighted by Gasteiger charge is -2.01. The van der Waals surface area contributed by atoms with E-state index in [1.54, 1.807) is 12.5 Å². The van der Waals surface area contributed by atoms with E-state index in [0.29, 0.717) is 16.1 Å². The molecule has 0 fully saturated rings. The Hall–Kier alpha value is -2.14. The summed E-state index contributed by atoms with van der Waals surface area (Å²) >= 11 is 5.10. The van der Waals surface area contributed by atoms with Crippen LogP contribution in [0.1, 0.15) is 0 Å². The minimum Gasteiger partial charge on any atom is -0.330 e. The maximum atomic E-state index is 5.10. The number of rotatable bonds is 1. The highest BCUT2D eigenvalue weighted by atomic mass is 32.1. The second kappa shape index (κ2) is 4.03. The SMILES string of the molecule is S=c1nc[nH]c2nc(-c3ccccc3)ncc12. The van der Waals surface area contributed by atoms with Gasteiger partial charge >= 0.3 is 0 Å². The van der Waals surface area contributed by atoms with Gasteiger partial charge in [-0.05, 0) is 0 Å². The fraction of sp³-hybridized carbons (Fsp3) is 0. The van der Waals surface area contributed by atoms with Crippen LogP contribution in [-0.4, -0.2) is 19.9 Å². The van der Waals surface area contributed by atoms with Gasteiger partial charge in [-0.3, -0.25) is 0 Å². The fourth-order valence-corrected chi connectivity index (χ4v) is 1.80. The summed E-state index contributed by atoms with van der Waals surface area (Å²) in [4.78, 5) is 15.7. The van der Waals surface area contributed by atoms with Gasteiger partial charge in [0.25, 0.3) is 0 Å². The van der Waals surface area contributed by atoms with E-state index in [0.717, 1.165) is 10.9 Å². The van der Waals surface area contributed by atoms with Crippen LogP contribution in [0.2, 0.25) is 0 Å². The van der Waals surface area contributed by atoms with E-state index >= 15 is 0 Å². The molecule has 0 aliphatic carbocycles. The van der Waals surface area contributed by atoms with Gasteiger partial charge in [0.1, 0.15) is 10.3 Å². The molecule has 0 aliphatic rings. The number of H-pyrrole nitrogens is 1. The van der Waals surface area contributed by atoms with Crippen LogP contribution >= 0.6 is 12.2 Å². The Morgan fingerprint density at radius 2 is 1.88 bits per heavy atom. The first-order chi connectivity index (χ1) is 8.34. The molecular weight excluding hydrogens is 232 g/mol. The van der Waals surface area contributed by atoms with E-state index in [4.69, 9.17) is 12.2 Å². The lowest BCUT2D eigenvalue weighted by Crippen LogP contribution is -1.93. The second-order valence-electron chi connectivity index (χ2n) is 3.53. The molecule has 5 heteroatoms. The van der Waals surface area contributed by atoms with Crippen LogP contribution in [0, 0.1) is 4.64 Å². The topological polar surface area (TPSA) is 54.5 Å². The maximum Gasteiger partial charge on any atom is 0.161 e. The molecular formula is C12H8N4S. The zero-order valence-electron chi connectivity index (χ0n) is 8.79. The minimum absolute atomic E-state index is 0.512. The van der Waals surface area contributed by atoms with E-state index in [2.05, 4.69) is 19.9 Å². The van der Waals surface area contributed by atoms with Crippen molar-refractivity contribution in [2.24, 2.45) is 0 Å². The van der Waals surface area contributed by atoms with Crippen LogP contribution in [0.4, 0.5) is 0 Å². The van der Waals surface area contributed by atoms with Crippen LogP contribution in [0.3, 0.4) is 0 Å². The van der Waals surface area contributed by atoms with Crippen molar-refractivity contribution in [1.82, 2.24) is 19.9 Å². The van der Waals surface area contributed by atoms with Gasteiger partial charge in [-0.15, -0.1) is 0 Å². The van der Waals surface area contributed by atoms with Gasteiger partial charge in [0.15, 0.2) is 5.82 Å². The molecule has 1 N–H and O–H groups in total. The molecule has 0 unspecified atom stereocenters. The normalized spacial score (nSPS) is 10.6. The highest BCUT2D eigenvalue weighted by molar-refractivity contribution is 7.71. The third kappa shape index (κ3) is 1.81. The van der Waals surface area contributed by atoms with Crippen molar-refractivity contribution in [1.29, 1.82) is 0 Å². The smallest absolute Gasteiger partial charge is 0.161 e. The van der Waals surface area contributed by atoms with Crippen LogP contribution in [0.25, 0.3) is 22.4 Å². The molecule has 4 nitrogen and oxygen atoms in total. The van der Waals surface area contributed by atoms with Crippen LogP contribution < -0.4 is 0 Å². The molecule has 3 rings (SSSR count). The first-order valence-corrected chi connectivity index (χ1v) is 5.51. The van der Waals surface area contributed by atoms with Gasteiger partial charge in [0.2, 0.25) is 0 Å². The van der Waals surface area contributed by atoms with E-state index in [1.807, 2.05) is 30.3 Å². The van der Waals surface area contributed by atoms with E-state index in [-0.39, 0.29) is 0 Å². The third-order valence-corrected chi connectivity index (χ3v) is 2.76. The molecule has 2 aromatic heterocycles. The zero-order valence-corrected chi connectivity index (χ0v) is 9.61. The summed E-state index contributed by atoms with van der Waals surface area (Å²) < 4.78 is 0.512. The van der Waals surface area contributed by atoms with Crippen LogP contribution in [0.15, 0.2) is 42.9 Å². The zero-order chi connectivity index (χ0) is 11.7. The molecule has 17 heavy (non-hydrogen) atoms. The van der Waals surface area contributed by atoms with Gasteiger partial charge < -0.3 is 4.98 Å². The molecule has 1 aromatic carbocycles. The lowest BCUT2D eigenvalue weighted by atomic mass is 10.2. The fourth-order valence-electron chi connectivity index (χ4n) is 1.60. The third-order valence-electron chi connectivity index (χ3n) is 2.43. The van der Waals surface area contributed by atoms with Gasteiger partial charge in [-0.25, -0.2) is 15.0 Å². The molecule has 0 radical (unpaired) electrons. The summed E-state index contributed by atoms with van der Waals surface area (Å²) in [5.41, 5.74) is 1.68. The molecule has 0 saturated heterocycles. The Balaban J connectivity index is 2.25. The summed E-state index contributed by atoms with van der Waals surface area (Å²) in [6.07, 6.45) is 3.25. The Kier molecular flexibility index (Phi) is 2.38. The molecule has 0 saturated carbocycles. The number of hydrogen-bond donors (Lipinski definition) is 1. The number of fused-ring (bicyclic) bond motifs is 1. The van der Waals surface area contributed by atoms with Crippen molar-refractivity contribution >= 4 is 23.3 Å². The molecule has 0 amide bonds. The largest absolute Gasteiger partial charge is 0.330 e. The average molecular weight is 240 g/mol. The molecule has 0 spiro atoms. The van der Waals surface area contributed by atoms with Crippen molar-refractivity contribution < 1.29 is 0 Å². The molecule has 0 atom stereocenters. The summed E-state index contributed by atoms with van der Waals surface area (Å²) in [6.45, 7) is 0. The molecule has 82 valence electrons.